The topological polar surface area (TPSA) is 85.1 Å². The fraction of sp³-hybridized carbons (Fsp3) is 0.483. The molecule has 1 saturated heterocycles. The van der Waals surface area contributed by atoms with E-state index in [2.05, 4.69) is 5.16 Å². The third-order valence-electron chi connectivity index (χ3n) is 7.81. The molecule has 3 aromatic rings. The van der Waals surface area contributed by atoms with E-state index in [0.717, 1.165) is 37.5 Å². The zero-order valence-electron chi connectivity index (χ0n) is 21.5. The van der Waals surface area contributed by atoms with Gasteiger partial charge in [0.15, 0.2) is 5.58 Å². The van der Waals surface area contributed by atoms with Gasteiger partial charge in [0.25, 0.3) is 5.91 Å². The number of fused-ring (bicyclic) bond motifs is 10. The van der Waals surface area contributed by atoms with Crippen LogP contribution in [0.4, 0.5) is 0 Å². The molecule has 2 amide bonds. The number of nitrogens with zero attached hydrogens (tertiary/aromatic N) is 3. The minimum Gasteiger partial charge on any atom is -0.491 e. The van der Waals surface area contributed by atoms with Crippen molar-refractivity contribution in [1.29, 1.82) is 0 Å². The summed E-state index contributed by atoms with van der Waals surface area (Å²) in [5, 5.41) is 5.02. The van der Waals surface area contributed by atoms with Gasteiger partial charge < -0.3 is 23.8 Å². The Balaban J connectivity index is 1.35. The Bertz CT molecular complexity index is 1230. The summed E-state index contributed by atoms with van der Waals surface area (Å²) in [5.41, 5.74) is 1.97. The molecule has 1 fully saturated rings. The maximum absolute atomic E-state index is 13.4. The van der Waals surface area contributed by atoms with E-state index < -0.39 is 0 Å². The summed E-state index contributed by atoms with van der Waals surface area (Å²) in [4.78, 5) is 30.6. The first-order valence-corrected chi connectivity index (χ1v) is 13.2. The van der Waals surface area contributed by atoms with E-state index in [0.29, 0.717) is 62.0 Å². The summed E-state index contributed by atoms with van der Waals surface area (Å²) in [6.07, 6.45) is 4.92. The SMILES string of the molecule is COCC12CCCCN(C(=O)Cc3noc4ccccc34)CCOc3ccccc3C(=O)N(CC1)CC2. The predicted octanol–water partition coefficient (Wildman–Crippen LogP) is 4.33. The second-order valence-electron chi connectivity index (χ2n) is 10.2. The van der Waals surface area contributed by atoms with Crippen LogP contribution < -0.4 is 4.74 Å². The first-order chi connectivity index (χ1) is 18.1. The summed E-state index contributed by atoms with van der Waals surface area (Å²) < 4.78 is 17.1. The molecule has 0 spiro atoms. The molecule has 2 aromatic carbocycles. The highest BCUT2D eigenvalue weighted by molar-refractivity contribution is 5.97. The van der Waals surface area contributed by atoms with Crippen LogP contribution in [-0.2, 0) is 16.0 Å². The number of methoxy groups -OCH3 is 1. The number of carbonyl (C=O) groups is 2. The van der Waals surface area contributed by atoms with Crippen molar-refractivity contribution in [2.75, 3.05) is 46.5 Å². The Hall–Kier alpha value is -3.39. The van der Waals surface area contributed by atoms with Crippen LogP contribution in [0.25, 0.3) is 11.0 Å². The number of aromatic nitrogens is 1. The Labute approximate surface area is 217 Å². The highest BCUT2D eigenvalue weighted by Gasteiger charge is 2.36. The molecule has 0 aliphatic carbocycles. The van der Waals surface area contributed by atoms with Crippen molar-refractivity contribution in [3.8, 4) is 5.75 Å². The van der Waals surface area contributed by atoms with Gasteiger partial charge >= 0.3 is 0 Å². The Kier molecular flexibility index (Phi) is 7.74. The molecule has 0 saturated carbocycles. The molecule has 8 nitrogen and oxygen atoms in total. The molecule has 0 radical (unpaired) electrons. The molecule has 8 heteroatoms. The van der Waals surface area contributed by atoms with Crippen LogP contribution in [0.15, 0.2) is 53.1 Å². The van der Waals surface area contributed by atoms with Crippen molar-refractivity contribution in [2.45, 2.75) is 38.5 Å². The Morgan fingerprint density at radius 2 is 1.78 bits per heavy atom. The highest BCUT2D eigenvalue weighted by atomic mass is 16.5. The predicted molar refractivity (Wildman–Crippen MR) is 140 cm³/mol. The lowest BCUT2D eigenvalue weighted by Crippen LogP contribution is -2.45. The molecule has 6 rings (SSSR count). The lowest BCUT2D eigenvalue weighted by molar-refractivity contribution is -0.131. The van der Waals surface area contributed by atoms with Crippen LogP contribution in [0, 0.1) is 5.41 Å². The van der Waals surface area contributed by atoms with E-state index in [1.165, 1.54) is 0 Å². The van der Waals surface area contributed by atoms with E-state index in [1.54, 1.807) is 7.11 Å². The second kappa shape index (κ2) is 11.3. The number of benzene rings is 2. The number of amides is 2. The zero-order valence-corrected chi connectivity index (χ0v) is 21.5. The van der Waals surface area contributed by atoms with Crippen molar-refractivity contribution >= 4 is 22.8 Å². The highest BCUT2D eigenvalue weighted by Crippen LogP contribution is 2.38. The maximum Gasteiger partial charge on any atom is 0.257 e. The summed E-state index contributed by atoms with van der Waals surface area (Å²) >= 11 is 0. The van der Waals surface area contributed by atoms with E-state index >= 15 is 0 Å². The summed E-state index contributed by atoms with van der Waals surface area (Å²) in [6.45, 7) is 3.51. The first kappa shape index (κ1) is 25.3. The lowest BCUT2D eigenvalue weighted by atomic mass is 9.75. The minimum atomic E-state index is -0.00465. The van der Waals surface area contributed by atoms with E-state index in [4.69, 9.17) is 14.0 Å². The molecule has 2 bridgehead atoms. The molecule has 0 N–H and O–H groups in total. The first-order valence-electron chi connectivity index (χ1n) is 13.2. The summed E-state index contributed by atoms with van der Waals surface area (Å²) in [7, 11) is 1.75. The van der Waals surface area contributed by atoms with Gasteiger partial charge in [-0.1, -0.05) is 35.8 Å². The van der Waals surface area contributed by atoms with E-state index in [-0.39, 0.29) is 23.7 Å². The molecule has 3 aliphatic heterocycles. The molecule has 37 heavy (non-hydrogen) atoms. The van der Waals surface area contributed by atoms with Gasteiger partial charge in [0.05, 0.1) is 25.1 Å². The van der Waals surface area contributed by atoms with Gasteiger partial charge in [-0.3, -0.25) is 9.59 Å². The lowest BCUT2D eigenvalue weighted by Gasteiger charge is -2.41. The fourth-order valence-corrected chi connectivity index (χ4v) is 5.65. The molecule has 0 atom stereocenters. The third kappa shape index (κ3) is 5.64. The average Bonchev–Trinajstić information content (AvgIpc) is 3.32. The van der Waals surface area contributed by atoms with Gasteiger partial charge in [-0.2, -0.15) is 0 Å². The molecule has 1 aromatic heterocycles. The van der Waals surface area contributed by atoms with Crippen molar-refractivity contribution < 1.29 is 23.6 Å². The Morgan fingerprint density at radius 1 is 1.00 bits per heavy atom. The van der Waals surface area contributed by atoms with Gasteiger partial charge in [-0.05, 0) is 55.4 Å². The van der Waals surface area contributed by atoms with Crippen molar-refractivity contribution in [2.24, 2.45) is 5.41 Å². The number of carbonyl (C=O) groups excluding carboxylic acids is 2. The minimum absolute atomic E-state index is 0.00216. The van der Waals surface area contributed by atoms with Crippen molar-refractivity contribution in [3.63, 3.8) is 0 Å². The van der Waals surface area contributed by atoms with Gasteiger partial charge in [0.1, 0.15) is 18.1 Å². The quantitative estimate of drug-likeness (QED) is 0.525. The maximum atomic E-state index is 13.4. The molecule has 4 heterocycles. The Morgan fingerprint density at radius 3 is 2.62 bits per heavy atom. The van der Waals surface area contributed by atoms with Crippen LogP contribution in [-0.4, -0.2) is 73.3 Å². The summed E-state index contributed by atoms with van der Waals surface area (Å²) in [6, 6.07) is 15.0. The van der Waals surface area contributed by atoms with Gasteiger partial charge in [0.2, 0.25) is 5.91 Å². The van der Waals surface area contributed by atoms with E-state index in [9.17, 15) is 9.59 Å². The molecular weight excluding hydrogens is 470 g/mol. The smallest absolute Gasteiger partial charge is 0.257 e. The van der Waals surface area contributed by atoms with Crippen LogP contribution in [0.2, 0.25) is 0 Å². The van der Waals surface area contributed by atoms with Crippen LogP contribution in [0.1, 0.15) is 48.2 Å². The van der Waals surface area contributed by atoms with Crippen LogP contribution in [0.5, 0.6) is 5.75 Å². The molecular formula is C29H35N3O5. The molecule has 0 unspecified atom stereocenters. The number of rotatable bonds is 4. The average molecular weight is 506 g/mol. The largest absolute Gasteiger partial charge is 0.491 e. The van der Waals surface area contributed by atoms with Crippen molar-refractivity contribution in [3.05, 3.63) is 59.8 Å². The second-order valence-corrected chi connectivity index (χ2v) is 10.2. The van der Waals surface area contributed by atoms with Crippen molar-refractivity contribution in [1.82, 2.24) is 15.0 Å². The number of piperidine rings is 1. The third-order valence-corrected chi connectivity index (χ3v) is 7.81. The zero-order chi connectivity index (χ0) is 25.7. The van der Waals surface area contributed by atoms with Gasteiger partial charge in [0, 0.05) is 32.1 Å². The normalized spacial score (nSPS) is 18.7. The summed E-state index contributed by atoms with van der Waals surface area (Å²) in [5.74, 6) is 0.559. The molecule has 196 valence electrons. The monoisotopic (exact) mass is 505 g/mol. The van der Waals surface area contributed by atoms with Gasteiger partial charge in [-0.25, -0.2) is 0 Å². The number of ether oxygens (including phenoxy) is 2. The van der Waals surface area contributed by atoms with Crippen LogP contribution >= 0.6 is 0 Å². The number of hydrogen-bond acceptors (Lipinski definition) is 6. The fourth-order valence-electron chi connectivity index (χ4n) is 5.65. The van der Waals surface area contributed by atoms with Crippen LogP contribution in [0.3, 0.4) is 0 Å². The van der Waals surface area contributed by atoms with E-state index in [1.807, 2.05) is 58.3 Å². The number of para-hydroxylation sites is 2. The number of hydrogen-bond donors (Lipinski definition) is 0. The molecule has 3 aliphatic rings. The standard InChI is InChI=1S/C29H35N3O5/c1-35-21-29-12-6-7-15-31(27(33)20-24-22-8-2-5-11-26(22)37-30-24)18-19-36-25-10-4-3-9-23(25)28(34)32(16-13-29)17-14-29/h2-5,8-11H,6-7,12-21H2,1H3. The van der Waals surface area contributed by atoms with Gasteiger partial charge in [-0.15, -0.1) is 0 Å².